The van der Waals surface area contributed by atoms with Crippen LogP contribution in [0, 0.1) is 6.92 Å². The molecule has 0 saturated carbocycles. The van der Waals surface area contributed by atoms with E-state index in [0.29, 0.717) is 5.69 Å². The van der Waals surface area contributed by atoms with E-state index in [-0.39, 0.29) is 15.6 Å². The SMILES string of the molecule is Cc1cccn2cc(-c3ccc(NC(=O)c4ncc(S(C)(=O)=O)cc4Cl)cc3)nc12. The van der Waals surface area contributed by atoms with Gasteiger partial charge in [0, 0.05) is 36.1 Å². The topological polar surface area (TPSA) is 93.4 Å². The number of benzene rings is 1. The Morgan fingerprint density at radius 3 is 2.53 bits per heavy atom. The van der Waals surface area contributed by atoms with Crippen LogP contribution < -0.4 is 5.32 Å². The number of imidazole rings is 1. The molecule has 0 radical (unpaired) electrons. The molecule has 0 saturated heterocycles. The van der Waals surface area contributed by atoms with Gasteiger partial charge in [0.15, 0.2) is 9.84 Å². The monoisotopic (exact) mass is 440 g/mol. The molecule has 0 spiro atoms. The fourth-order valence-corrected chi connectivity index (χ4v) is 3.89. The molecule has 4 aromatic rings. The first kappa shape index (κ1) is 20.1. The van der Waals surface area contributed by atoms with Crippen molar-refractivity contribution < 1.29 is 13.2 Å². The number of carbonyl (C=O) groups excluding carboxylic acids is 1. The lowest BCUT2D eigenvalue weighted by atomic mass is 10.1. The van der Waals surface area contributed by atoms with Crippen LogP contribution >= 0.6 is 11.6 Å². The van der Waals surface area contributed by atoms with Gasteiger partial charge in [-0.1, -0.05) is 29.8 Å². The van der Waals surface area contributed by atoms with Crippen molar-refractivity contribution in [2.24, 2.45) is 0 Å². The first-order valence-electron chi connectivity index (χ1n) is 8.94. The molecule has 30 heavy (non-hydrogen) atoms. The van der Waals surface area contributed by atoms with E-state index >= 15 is 0 Å². The molecule has 0 atom stereocenters. The number of sulfone groups is 1. The molecule has 0 unspecified atom stereocenters. The summed E-state index contributed by atoms with van der Waals surface area (Å²) in [6.07, 6.45) is 6.05. The van der Waals surface area contributed by atoms with Crippen LogP contribution in [0.4, 0.5) is 5.69 Å². The molecule has 4 rings (SSSR count). The highest BCUT2D eigenvalue weighted by Gasteiger charge is 2.17. The average Bonchev–Trinajstić information content (AvgIpc) is 3.13. The van der Waals surface area contributed by atoms with Crippen molar-refractivity contribution in [2.75, 3.05) is 11.6 Å². The van der Waals surface area contributed by atoms with Gasteiger partial charge in [0.2, 0.25) is 0 Å². The zero-order chi connectivity index (χ0) is 21.5. The predicted octanol–water partition coefficient (Wildman–Crippen LogP) is 4.01. The molecule has 0 fully saturated rings. The number of aryl methyl sites for hydroxylation is 1. The van der Waals surface area contributed by atoms with Gasteiger partial charge in [-0.05, 0) is 36.8 Å². The van der Waals surface area contributed by atoms with Crippen molar-refractivity contribution in [3.05, 3.63) is 77.3 Å². The van der Waals surface area contributed by atoms with Crippen molar-refractivity contribution in [3.8, 4) is 11.3 Å². The predicted molar refractivity (Wildman–Crippen MR) is 116 cm³/mol. The number of nitrogens with one attached hydrogen (secondary N) is 1. The molecular formula is C21H17ClN4O3S. The third-order valence-corrected chi connectivity index (χ3v) is 5.94. The highest BCUT2D eigenvalue weighted by atomic mass is 35.5. The van der Waals surface area contributed by atoms with Crippen molar-refractivity contribution in [1.82, 2.24) is 14.4 Å². The lowest BCUT2D eigenvalue weighted by molar-refractivity contribution is 0.102. The molecule has 152 valence electrons. The van der Waals surface area contributed by atoms with E-state index in [9.17, 15) is 13.2 Å². The van der Waals surface area contributed by atoms with Gasteiger partial charge in [-0.15, -0.1) is 0 Å². The van der Waals surface area contributed by atoms with Gasteiger partial charge in [-0.2, -0.15) is 0 Å². The number of aromatic nitrogens is 3. The molecule has 3 heterocycles. The number of rotatable bonds is 4. The number of anilines is 1. The second-order valence-corrected chi connectivity index (χ2v) is 9.28. The van der Waals surface area contributed by atoms with E-state index < -0.39 is 15.7 Å². The Labute approximate surface area is 178 Å². The Balaban J connectivity index is 1.54. The van der Waals surface area contributed by atoms with Gasteiger partial charge in [-0.3, -0.25) is 4.79 Å². The van der Waals surface area contributed by atoms with Gasteiger partial charge in [0.1, 0.15) is 11.3 Å². The lowest BCUT2D eigenvalue weighted by Gasteiger charge is -2.08. The zero-order valence-corrected chi connectivity index (χ0v) is 17.7. The molecule has 0 bridgehead atoms. The molecule has 1 aromatic carbocycles. The van der Waals surface area contributed by atoms with E-state index in [0.717, 1.165) is 34.9 Å². The highest BCUT2D eigenvalue weighted by molar-refractivity contribution is 7.90. The van der Waals surface area contributed by atoms with E-state index in [1.807, 2.05) is 48.0 Å². The fourth-order valence-electron chi connectivity index (χ4n) is 3.00. The van der Waals surface area contributed by atoms with E-state index in [4.69, 9.17) is 11.6 Å². The summed E-state index contributed by atoms with van der Waals surface area (Å²) in [4.78, 5) is 21.0. The second-order valence-electron chi connectivity index (χ2n) is 6.85. The number of hydrogen-bond acceptors (Lipinski definition) is 5. The summed E-state index contributed by atoms with van der Waals surface area (Å²) in [6.45, 7) is 2.01. The Kier molecular flexibility index (Phi) is 5.05. The maximum Gasteiger partial charge on any atom is 0.275 e. The maximum atomic E-state index is 12.5. The van der Waals surface area contributed by atoms with Crippen LogP contribution in [0.1, 0.15) is 16.1 Å². The van der Waals surface area contributed by atoms with Crippen molar-refractivity contribution in [2.45, 2.75) is 11.8 Å². The molecule has 7 nitrogen and oxygen atoms in total. The van der Waals surface area contributed by atoms with Crippen molar-refractivity contribution in [3.63, 3.8) is 0 Å². The van der Waals surface area contributed by atoms with Gasteiger partial charge in [-0.25, -0.2) is 18.4 Å². The smallest absolute Gasteiger partial charge is 0.275 e. The zero-order valence-electron chi connectivity index (χ0n) is 16.1. The minimum Gasteiger partial charge on any atom is -0.321 e. The molecule has 0 aliphatic carbocycles. The van der Waals surface area contributed by atoms with Gasteiger partial charge in [0.25, 0.3) is 5.91 Å². The lowest BCUT2D eigenvalue weighted by Crippen LogP contribution is -2.15. The molecule has 1 amide bonds. The number of pyridine rings is 2. The normalized spacial score (nSPS) is 11.6. The summed E-state index contributed by atoms with van der Waals surface area (Å²) in [7, 11) is -3.46. The van der Waals surface area contributed by atoms with Crippen LogP contribution in [-0.2, 0) is 9.84 Å². The minimum atomic E-state index is -3.46. The quantitative estimate of drug-likeness (QED) is 0.517. The number of carbonyl (C=O) groups is 1. The average molecular weight is 441 g/mol. The molecule has 1 N–H and O–H groups in total. The van der Waals surface area contributed by atoms with Crippen LogP contribution in [0.3, 0.4) is 0 Å². The molecule has 9 heteroatoms. The summed E-state index contributed by atoms with van der Waals surface area (Å²) >= 11 is 6.05. The Morgan fingerprint density at radius 1 is 1.17 bits per heavy atom. The standard InChI is InChI=1S/C21H17ClN4O3S/c1-13-4-3-9-26-12-18(25-20(13)26)14-5-7-15(8-6-14)24-21(27)19-17(22)10-16(11-23-19)30(2,28)29/h3-12H,1-2H3,(H,24,27). The summed E-state index contributed by atoms with van der Waals surface area (Å²) in [5.74, 6) is -0.531. The molecule has 0 aliphatic rings. The van der Waals surface area contributed by atoms with Crippen LogP contribution in [0.5, 0.6) is 0 Å². The molecular weight excluding hydrogens is 424 g/mol. The number of nitrogens with zero attached hydrogens (tertiary/aromatic N) is 3. The third kappa shape index (κ3) is 3.92. The van der Waals surface area contributed by atoms with Crippen molar-refractivity contribution >= 4 is 38.7 Å². The van der Waals surface area contributed by atoms with E-state index in [1.54, 1.807) is 12.1 Å². The summed E-state index contributed by atoms with van der Waals surface area (Å²) in [5.41, 5.74) is 4.20. The summed E-state index contributed by atoms with van der Waals surface area (Å²) in [5, 5.41) is 2.68. The van der Waals surface area contributed by atoms with Gasteiger partial charge < -0.3 is 9.72 Å². The summed E-state index contributed by atoms with van der Waals surface area (Å²) in [6, 6.07) is 12.4. The fraction of sp³-hybridized carbons (Fsp3) is 0.0952. The van der Waals surface area contributed by atoms with E-state index in [2.05, 4.69) is 15.3 Å². The number of fused-ring (bicyclic) bond motifs is 1. The Bertz CT molecular complexity index is 1380. The Morgan fingerprint density at radius 2 is 1.90 bits per heavy atom. The minimum absolute atomic E-state index is 0.0351. The highest BCUT2D eigenvalue weighted by Crippen LogP contribution is 2.24. The van der Waals surface area contributed by atoms with Crippen LogP contribution in [0.25, 0.3) is 16.9 Å². The molecule has 3 aromatic heterocycles. The number of amides is 1. The molecule has 0 aliphatic heterocycles. The Hall–Kier alpha value is -3.23. The van der Waals surface area contributed by atoms with Crippen LogP contribution in [-0.4, -0.2) is 34.9 Å². The largest absolute Gasteiger partial charge is 0.321 e. The van der Waals surface area contributed by atoms with Crippen LogP contribution in [0.15, 0.2) is 66.0 Å². The first-order chi connectivity index (χ1) is 14.2. The van der Waals surface area contributed by atoms with Gasteiger partial charge in [0.05, 0.1) is 15.6 Å². The number of hydrogen-bond donors (Lipinski definition) is 1. The van der Waals surface area contributed by atoms with Crippen LogP contribution in [0.2, 0.25) is 5.02 Å². The third-order valence-electron chi connectivity index (χ3n) is 4.58. The summed E-state index contributed by atoms with van der Waals surface area (Å²) < 4.78 is 25.1. The maximum absolute atomic E-state index is 12.5. The number of halogens is 1. The van der Waals surface area contributed by atoms with Crippen molar-refractivity contribution in [1.29, 1.82) is 0 Å². The van der Waals surface area contributed by atoms with E-state index in [1.165, 1.54) is 6.07 Å². The second kappa shape index (κ2) is 7.55. The first-order valence-corrected chi connectivity index (χ1v) is 11.2. The van der Waals surface area contributed by atoms with Gasteiger partial charge >= 0.3 is 0 Å².